The van der Waals surface area contributed by atoms with E-state index in [1.807, 2.05) is 0 Å². The molecule has 3 unspecified atom stereocenters. The highest BCUT2D eigenvalue weighted by molar-refractivity contribution is 5.41. The molecule has 3 rings (SSSR count). The first-order chi connectivity index (χ1) is 8.49. The second-order valence-electron chi connectivity index (χ2n) is 6.11. The van der Waals surface area contributed by atoms with Crippen molar-refractivity contribution in [2.75, 3.05) is 13.6 Å². The second-order valence-corrected chi connectivity index (χ2v) is 6.11. The van der Waals surface area contributed by atoms with Crippen LogP contribution in [0, 0.1) is 6.92 Å². The van der Waals surface area contributed by atoms with Gasteiger partial charge in [0.15, 0.2) is 0 Å². The molecule has 98 valence electrons. The molecule has 1 spiro atoms. The number of likely N-dealkylation sites (tertiary alicyclic amines) is 1. The number of hydrogen-bond acceptors (Lipinski definition) is 3. The van der Waals surface area contributed by atoms with Crippen LogP contribution in [0.1, 0.15) is 36.9 Å². The zero-order valence-electron chi connectivity index (χ0n) is 11.4. The Kier molecular flexibility index (Phi) is 2.65. The molecule has 2 N–H and O–H groups in total. The lowest BCUT2D eigenvalue weighted by atomic mass is 9.85. The van der Waals surface area contributed by atoms with E-state index < -0.39 is 0 Å². The van der Waals surface area contributed by atoms with E-state index in [1.165, 1.54) is 11.1 Å². The smallest absolute Gasteiger partial charge is 0.125 e. The summed E-state index contributed by atoms with van der Waals surface area (Å²) in [6, 6.07) is 7.02. The van der Waals surface area contributed by atoms with Crippen LogP contribution in [-0.4, -0.2) is 30.1 Å². The highest BCUT2D eigenvalue weighted by Crippen LogP contribution is 2.44. The minimum atomic E-state index is -0.0736. The van der Waals surface area contributed by atoms with Gasteiger partial charge in [-0.3, -0.25) is 4.90 Å². The monoisotopic (exact) mass is 246 g/mol. The highest BCUT2D eigenvalue weighted by atomic mass is 16.5. The fourth-order valence-corrected chi connectivity index (χ4v) is 3.43. The van der Waals surface area contributed by atoms with Crippen LogP contribution in [0.4, 0.5) is 0 Å². The van der Waals surface area contributed by atoms with Crippen LogP contribution < -0.4 is 10.5 Å². The SMILES string of the molecule is Cc1ccc2c(c1)C(N)CC1(CC(C)N(C)C1)O2. The summed E-state index contributed by atoms with van der Waals surface area (Å²) in [5.41, 5.74) is 8.71. The first kappa shape index (κ1) is 12.0. The van der Waals surface area contributed by atoms with Crippen LogP contribution in [0.25, 0.3) is 0 Å². The molecule has 1 fully saturated rings. The molecule has 3 atom stereocenters. The number of likely N-dealkylation sites (N-methyl/N-ethyl adjacent to an activating group) is 1. The molecular formula is C15H22N2O. The summed E-state index contributed by atoms with van der Waals surface area (Å²) >= 11 is 0. The van der Waals surface area contributed by atoms with Gasteiger partial charge >= 0.3 is 0 Å². The number of rotatable bonds is 0. The van der Waals surface area contributed by atoms with Gasteiger partial charge in [-0.05, 0) is 27.0 Å². The molecule has 0 aliphatic carbocycles. The maximum absolute atomic E-state index is 6.36. The van der Waals surface area contributed by atoms with Crippen molar-refractivity contribution in [3.05, 3.63) is 29.3 Å². The molecule has 2 aliphatic rings. The lowest BCUT2D eigenvalue weighted by Gasteiger charge is -2.38. The number of ether oxygens (including phenoxy) is 1. The highest BCUT2D eigenvalue weighted by Gasteiger charge is 2.46. The summed E-state index contributed by atoms with van der Waals surface area (Å²) in [5, 5.41) is 0. The standard InChI is InChI=1S/C15H22N2O/c1-10-4-5-14-12(6-10)13(16)8-15(18-14)7-11(2)17(3)9-15/h4-6,11,13H,7-9,16H2,1-3H3. The van der Waals surface area contributed by atoms with Crippen molar-refractivity contribution in [2.24, 2.45) is 5.73 Å². The Labute approximate surface area is 109 Å². The molecule has 2 heterocycles. The van der Waals surface area contributed by atoms with Gasteiger partial charge in [-0.2, -0.15) is 0 Å². The van der Waals surface area contributed by atoms with Crippen molar-refractivity contribution in [3.63, 3.8) is 0 Å². The van der Waals surface area contributed by atoms with E-state index >= 15 is 0 Å². The molecule has 1 aromatic carbocycles. The van der Waals surface area contributed by atoms with E-state index in [2.05, 4.69) is 44.0 Å². The van der Waals surface area contributed by atoms with Crippen molar-refractivity contribution in [3.8, 4) is 5.75 Å². The molecule has 1 saturated heterocycles. The maximum atomic E-state index is 6.36. The Morgan fingerprint density at radius 1 is 1.39 bits per heavy atom. The number of hydrogen-bond donors (Lipinski definition) is 1. The Balaban J connectivity index is 1.95. The van der Waals surface area contributed by atoms with Crippen LogP contribution >= 0.6 is 0 Å². The average Bonchev–Trinajstić information content (AvgIpc) is 2.55. The van der Waals surface area contributed by atoms with Gasteiger partial charge in [0.05, 0.1) is 0 Å². The number of fused-ring (bicyclic) bond motifs is 1. The summed E-state index contributed by atoms with van der Waals surface area (Å²) in [4.78, 5) is 2.37. The predicted molar refractivity (Wildman–Crippen MR) is 72.8 cm³/mol. The molecule has 0 bridgehead atoms. The number of nitrogens with two attached hydrogens (primary N) is 1. The zero-order valence-corrected chi connectivity index (χ0v) is 11.4. The fourth-order valence-electron chi connectivity index (χ4n) is 3.43. The Morgan fingerprint density at radius 3 is 2.83 bits per heavy atom. The minimum absolute atomic E-state index is 0.0736. The van der Waals surface area contributed by atoms with Crippen LogP contribution in [0.5, 0.6) is 5.75 Å². The van der Waals surface area contributed by atoms with Crippen LogP contribution in [0.2, 0.25) is 0 Å². The van der Waals surface area contributed by atoms with E-state index in [4.69, 9.17) is 10.5 Å². The van der Waals surface area contributed by atoms with Crippen molar-refractivity contribution in [1.82, 2.24) is 4.90 Å². The first-order valence-corrected chi connectivity index (χ1v) is 6.74. The molecule has 0 saturated carbocycles. The van der Waals surface area contributed by atoms with Gasteiger partial charge in [0, 0.05) is 37.0 Å². The van der Waals surface area contributed by atoms with E-state index in [1.54, 1.807) is 0 Å². The van der Waals surface area contributed by atoms with Gasteiger partial charge in [0.2, 0.25) is 0 Å². The third-order valence-electron chi connectivity index (χ3n) is 4.44. The van der Waals surface area contributed by atoms with Gasteiger partial charge in [-0.25, -0.2) is 0 Å². The predicted octanol–water partition coefficient (Wildman–Crippen LogP) is 2.24. The van der Waals surface area contributed by atoms with Crippen LogP contribution in [-0.2, 0) is 0 Å². The van der Waals surface area contributed by atoms with Crippen molar-refractivity contribution >= 4 is 0 Å². The lowest BCUT2D eigenvalue weighted by Crippen LogP contribution is -2.44. The van der Waals surface area contributed by atoms with E-state index in [0.717, 1.165) is 25.1 Å². The van der Waals surface area contributed by atoms with Crippen molar-refractivity contribution in [2.45, 2.75) is 44.4 Å². The Morgan fingerprint density at radius 2 is 2.17 bits per heavy atom. The molecule has 0 aromatic heterocycles. The van der Waals surface area contributed by atoms with Crippen molar-refractivity contribution in [1.29, 1.82) is 0 Å². The summed E-state index contributed by atoms with van der Waals surface area (Å²) in [7, 11) is 2.17. The average molecular weight is 246 g/mol. The molecule has 0 amide bonds. The summed E-state index contributed by atoms with van der Waals surface area (Å²) in [6.45, 7) is 5.34. The molecule has 3 heteroatoms. The van der Waals surface area contributed by atoms with Crippen LogP contribution in [0.15, 0.2) is 18.2 Å². The Bertz CT molecular complexity index is 462. The number of nitrogens with zero attached hydrogens (tertiary/aromatic N) is 1. The van der Waals surface area contributed by atoms with E-state index in [0.29, 0.717) is 6.04 Å². The van der Waals surface area contributed by atoms with E-state index in [9.17, 15) is 0 Å². The largest absolute Gasteiger partial charge is 0.485 e. The Hall–Kier alpha value is -1.06. The van der Waals surface area contributed by atoms with Gasteiger partial charge < -0.3 is 10.5 Å². The molecule has 0 radical (unpaired) electrons. The maximum Gasteiger partial charge on any atom is 0.125 e. The third-order valence-corrected chi connectivity index (χ3v) is 4.44. The normalized spacial score (nSPS) is 35.6. The first-order valence-electron chi connectivity index (χ1n) is 6.74. The van der Waals surface area contributed by atoms with E-state index in [-0.39, 0.29) is 11.6 Å². The van der Waals surface area contributed by atoms with Gasteiger partial charge in [-0.1, -0.05) is 17.7 Å². The zero-order chi connectivity index (χ0) is 12.9. The second kappa shape index (κ2) is 3.97. The molecule has 18 heavy (non-hydrogen) atoms. The summed E-state index contributed by atoms with van der Waals surface area (Å²) in [5.74, 6) is 0.988. The third kappa shape index (κ3) is 1.82. The quantitative estimate of drug-likeness (QED) is 0.763. The molecule has 1 aromatic rings. The van der Waals surface area contributed by atoms with Gasteiger partial charge in [0.1, 0.15) is 11.4 Å². The molecule has 3 nitrogen and oxygen atoms in total. The molecular weight excluding hydrogens is 224 g/mol. The lowest BCUT2D eigenvalue weighted by molar-refractivity contribution is 0.0463. The van der Waals surface area contributed by atoms with Crippen LogP contribution in [0.3, 0.4) is 0 Å². The number of aryl methyl sites for hydroxylation is 1. The fraction of sp³-hybridized carbons (Fsp3) is 0.600. The van der Waals surface area contributed by atoms with Crippen molar-refractivity contribution < 1.29 is 4.74 Å². The summed E-state index contributed by atoms with van der Waals surface area (Å²) in [6.07, 6.45) is 2.00. The van der Waals surface area contributed by atoms with Gasteiger partial charge in [-0.15, -0.1) is 0 Å². The minimum Gasteiger partial charge on any atom is -0.485 e. The summed E-state index contributed by atoms with van der Waals surface area (Å²) < 4.78 is 6.32. The topological polar surface area (TPSA) is 38.5 Å². The molecule has 2 aliphatic heterocycles. The van der Waals surface area contributed by atoms with Gasteiger partial charge in [0.25, 0.3) is 0 Å². The number of benzene rings is 1.